The Balaban J connectivity index is 2.02. The molecule has 1 saturated heterocycles. The van der Waals surface area contributed by atoms with Crippen LogP contribution in [0.1, 0.15) is 68.7 Å². The van der Waals surface area contributed by atoms with Crippen molar-refractivity contribution < 1.29 is 32.7 Å². The van der Waals surface area contributed by atoms with Gasteiger partial charge in [-0.2, -0.15) is 0 Å². The van der Waals surface area contributed by atoms with E-state index in [0.717, 1.165) is 0 Å². The molecular weight excluding hydrogens is 418 g/mol. The second-order valence-corrected chi connectivity index (χ2v) is 15.9. The van der Waals surface area contributed by atoms with E-state index in [9.17, 15) is 9.59 Å². The maximum Gasteiger partial charge on any atom is 0.407 e. The maximum absolute atomic E-state index is 12.4. The van der Waals surface area contributed by atoms with Gasteiger partial charge in [0.2, 0.25) is 0 Å². The van der Waals surface area contributed by atoms with Gasteiger partial charge in [0, 0.05) is 16.6 Å². The Kier molecular flexibility index (Phi) is 7.55. The lowest BCUT2D eigenvalue weighted by molar-refractivity contribution is -0.166. The van der Waals surface area contributed by atoms with Crippen LogP contribution >= 0.6 is 0 Å². The highest BCUT2D eigenvalue weighted by Crippen LogP contribution is 2.54. The van der Waals surface area contributed by atoms with Gasteiger partial charge in [0.15, 0.2) is 6.10 Å². The SMILES string of the molecule is CC(C)(C)OC(=O)NCCC(=O)O[C@@H]1C=CO[C@@H]2CO[Si](C(C)(C)C)(C(C)(C)C)O[C@@H]12. The number of ether oxygens (including phenoxy) is 3. The molecule has 1 N–H and O–H groups in total. The zero-order valence-corrected chi connectivity index (χ0v) is 21.4. The first-order valence-corrected chi connectivity index (χ1v) is 12.7. The van der Waals surface area contributed by atoms with Gasteiger partial charge in [-0.1, -0.05) is 41.5 Å². The quantitative estimate of drug-likeness (QED) is 0.500. The summed E-state index contributed by atoms with van der Waals surface area (Å²) in [6, 6.07) is 0. The number of alkyl carbamates (subject to hydrolysis) is 1. The lowest BCUT2D eigenvalue weighted by Gasteiger charge is -2.55. The molecule has 1 fully saturated rings. The number of hydrogen-bond donors (Lipinski definition) is 1. The van der Waals surface area contributed by atoms with Crippen molar-refractivity contribution in [2.45, 2.75) is 103 Å². The van der Waals surface area contributed by atoms with Crippen molar-refractivity contribution in [2.24, 2.45) is 0 Å². The number of carbonyl (C=O) groups is 2. The zero-order valence-electron chi connectivity index (χ0n) is 20.4. The fourth-order valence-corrected chi connectivity index (χ4v) is 9.09. The summed E-state index contributed by atoms with van der Waals surface area (Å²) in [7, 11) is -2.73. The van der Waals surface area contributed by atoms with Crippen molar-refractivity contribution in [1.29, 1.82) is 0 Å². The summed E-state index contributed by atoms with van der Waals surface area (Å²) >= 11 is 0. The topological polar surface area (TPSA) is 92.3 Å². The first-order chi connectivity index (χ1) is 14.1. The van der Waals surface area contributed by atoms with Crippen LogP contribution in [0.15, 0.2) is 12.3 Å². The molecule has 2 rings (SSSR count). The fraction of sp³-hybridized carbons (Fsp3) is 0.818. The molecule has 2 aliphatic heterocycles. The highest BCUT2D eigenvalue weighted by Gasteiger charge is 2.63. The summed E-state index contributed by atoms with van der Waals surface area (Å²) in [5.74, 6) is -0.430. The van der Waals surface area contributed by atoms with Crippen molar-refractivity contribution in [3.63, 3.8) is 0 Å². The van der Waals surface area contributed by atoms with Crippen LogP contribution in [0.5, 0.6) is 0 Å². The van der Waals surface area contributed by atoms with Crippen molar-refractivity contribution in [2.75, 3.05) is 13.2 Å². The summed E-state index contributed by atoms with van der Waals surface area (Å²) < 4.78 is 29.7. The van der Waals surface area contributed by atoms with Gasteiger partial charge in [-0.15, -0.1) is 0 Å². The van der Waals surface area contributed by atoms with Crippen LogP contribution in [0.2, 0.25) is 10.1 Å². The van der Waals surface area contributed by atoms with Crippen LogP contribution in [0.3, 0.4) is 0 Å². The average Bonchev–Trinajstić information content (AvgIpc) is 2.58. The van der Waals surface area contributed by atoms with Crippen molar-refractivity contribution in [1.82, 2.24) is 5.32 Å². The van der Waals surface area contributed by atoms with Crippen molar-refractivity contribution in [3.8, 4) is 0 Å². The third kappa shape index (κ3) is 6.23. The van der Waals surface area contributed by atoms with E-state index in [2.05, 4.69) is 46.9 Å². The van der Waals surface area contributed by atoms with Crippen molar-refractivity contribution in [3.05, 3.63) is 12.3 Å². The molecule has 0 saturated carbocycles. The molecule has 0 aromatic carbocycles. The van der Waals surface area contributed by atoms with Gasteiger partial charge in [0.25, 0.3) is 0 Å². The molecule has 2 heterocycles. The highest BCUT2D eigenvalue weighted by molar-refractivity contribution is 6.73. The molecule has 2 aliphatic rings. The van der Waals surface area contributed by atoms with E-state index in [-0.39, 0.29) is 29.1 Å². The van der Waals surface area contributed by atoms with E-state index < -0.39 is 38.4 Å². The normalized spacial score (nSPS) is 25.8. The molecule has 0 aromatic heterocycles. The Morgan fingerprint density at radius 1 is 1.06 bits per heavy atom. The Bertz CT molecular complexity index is 673. The van der Waals surface area contributed by atoms with E-state index >= 15 is 0 Å². The molecule has 3 atom stereocenters. The molecule has 9 heteroatoms. The fourth-order valence-electron chi connectivity index (χ4n) is 4.13. The number of rotatable bonds is 4. The first kappa shape index (κ1) is 25.7. The Hall–Kier alpha value is -1.58. The van der Waals surface area contributed by atoms with Gasteiger partial charge in [0.1, 0.15) is 17.8 Å². The smallest absolute Gasteiger partial charge is 0.407 e. The third-order valence-corrected chi connectivity index (χ3v) is 10.3. The summed E-state index contributed by atoms with van der Waals surface area (Å²) in [5.41, 5.74) is -0.594. The van der Waals surface area contributed by atoms with Gasteiger partial charge in [0.05, 0.1) is 19.3 Å². The van der Waals surface area contributed by atoms with Crippen molar-refractivity contribution >= 4 is 20.6 Å². The second-order valence-electron chi connectivity index (χ2n) is 11.1. The van der Waals surface area contributed by atoms with Gasteiger partial charge < -0.3 is 28.4 Å². The van der Waals surface area contributed by atoms with Gasteiger partial charge in [-0.05, 0) is 26.8 Å². The lowest BCUT2D eigenvalue weighted by atomic mass is 10.1. The largest absolute Gasteiger partial charge is 0.493 e. The minimum absolute atomic E-state index is 0.0272. The predicted molar refractivity (Wildman–Crippen MR) is 119 cm³/mol. The van der Waals surface area contributed by atoms with Crippen LogP contribution in [-0.4, -0.2) is 57.7 Å². The third-order valence-electron chi connectivity index (χ3n) is 5.20. The van der Waals surface area contributed by atoms with E-state index in [1.54, 1.807) is 26.8 Å². The summed E-state index contributed by atoms with van der Waals surface area (Å²) in [5, 5.41) is 2.19. The molecule has 0 bridgehead atoms. The molecule has 0 spiro atoms. The lowest BCUT2D eigenvalue weighted by Crippen LogP contribution is -2.67. The molecule has 31 heavy (non-hydrogen) atoms. The summed E-state index contributed by atoms with van der Waals surface area (Å²) in [4.78, 5) is 24.2. The monoisotopic (exact) mass is 457 g/mol. The van der Waals surface area contributed by atoms with E-state index in [1.165, 1.54) is 6.26 Å². The predicted octanol–water partition coefficient (Wildman–Crippen LogP) is 4.18. The number of amides is 1. The molecule has 0 aromatic rings. The second kappa shape index (κ2) is 9.11. The van der Waals surface area contributed by atoms with Crippen LogP contribution < -0.4 is 5.32 Å². The highest BCUT2D eigenvalue weighted by atomic mass is 28.4. The molecule has 0 unspecified atom stereocenters. The van der Waals surface area contributed by atoms with Crippen LogP contribution in [0.25, 0.3) is 0 Å². The van der Waals surface area contributed by atoms with Crippen LogP contribution in [-0.2, 0) is 27.9 Å². The first-order valence-electron chi connectivity index (χ1n) is 10.9. The average molecular weight is 458 g/mol. The summed E-state index contributed by atoms with van der Waals surface area (Å²) in [6.07, 6.45) is 1.35. The van der Waals surface area contributed by atoms with Gasteiger partial charge in [-0.25, -0.2) is 4.79 Å². The van der Waals surface area contributed by atoms with Crippen LogP contribution in [0.4, 0.5) is 4.79 Å². The number of hydrogen-bond acceptors (Lipinski definition) is 7. The molecule has 0 radical (unpaired) electrons. The Morgan fingerprint density at radius 3 is 2.23 bits per heavy atom. The summed E-state index contributed by atoms with van der Waals surface area (Å²) in [6.45, 7) is 18.7. The number of esters is 1. The van der Waals surface area contributed by atoms with Gasteiger partial charge >= 0.3 is 20.6 Å². The molecule has 178 valence electrons. The number of carbonyl (C=O) groups excluding carboxylic acids is 2. The molecular formula is C22H39NO7Si. The van der Waals surface area contributed by atoms with Gasteiger partial charge in [-0.3, -0.25) is 4.79 Å². The Morgan fingerprint density at radius 2 is 1.68 bits per heavy atom. The van der Waals surface area contributed by atoms with E-state index in [0.29, 0.717) is 6.61 Å². The van der Waals surface area contributed by atoms with E-state index in [1.807, 2.05) is 0 Å². The maximum atomic E-state index is 12.4. The molecule has 8 nitrogen and oxygen atoms in total. The number of fused-ring (bicyclic) bond motifs is 1. The minimum atomic E-state index is -2.73. The molecule has 1 amide bonds. The number of nitrogens with one attached hydrogen (secondary N) is 1. The Labute approximate surface area is 187 Å². The minimum Gasteiger partial charge on any atom is -0.493 e. The molecule has 0 aliphatic carbocycles. The van der Waals surface area contributed by atoms with E-state index in [4.69, 9.17) is 23.1 Å². The standard InChI is InChI=1S/C22H39NO7Si/c1-20(2,3)29-19(25)23-12-10-17(24)28-15-11-13-26-16-14-27-31(21(4,5)6,22(7,8)9)30-18(15)16/h11,13,15-16,18H,10,12,14H2,1-9H3,(H,23,25)/t15-,16-,18+/m1/s1. The van der Waals surface area contributed by atoms with Crippen LogP contribution in [0, 0.1) is 0 Å². The zero-order chi connectivity index (χ0) is 23.7.